The Morgan fingerprint density at radius 2 is 1.67 bits per heavy atom. The fraction of sp³-hybridized carbons (Fsp3) is 0.485. The van der Waals surface area contributed by atoms with Crippen molar-refractivity contribution in [2.45, 2.75) is 78.9 Å². The van der Waals surface area contributed by atoms with E-state index >= 15 is 0 Å². The van der Waals surface area contributed by atoms with Gasteiger partial charge in [-0.1, -0.05) is 32.0 Å². The second-order valence-corrected chi connectivity index (χ2v) is 12.7. The van der Waals surface area contributed by atoms with Crippen molar-refractivity contribution >= 4 is 34.5 Å². The fourth-order valence-electron chi connectivity index (χ4n) is 4.54. The predicted molar refractivity (Wildman–Crippen MR) is 170 cm³/mol. The Kier molecular flexibility index (Phi) is 10.7. The number of aromatic nitrogens is 1. The van der Waals surface area contributed by atoms with Gasteiger partial charge in [0.25, 0.3) is 0 Å². The molecule has 3 rings (SSSR count). The number of allylic oxidation sites excluding steroid dienone is 1. The minimum Gasteiger partial charge on any atom is -0.376 e. The fourth-order valence-corrected chi connectivity index (χ4v) is 5.25. The Labute approximate surface area is 240 Å². The summed E-state index contributed by atoms with van der Waals surface area (Å²) >= 11 is 1.38. The highest BCUT2D eigenvalue weighted by Crippen LogP contribution is 2.30. The molecule has 3 aromatic rings. The molecule has 0 aliphatic carbocycles. The molecule has 0 radical (unpaired) electrons. The molecule has 1 N–H and O–H groups in total. The topological polar surface area (TPSA) is 53.2 Å². The third-order valence-electron chi connectivity index (χ3n) is 6.72. The largest absolute Gasteiger partial charge is 0.376 e. The molecule has 0 atom stereocenters. The van der Waals surface area contributed by atoms with E-state index < -0.39 is 0 Å². The molecule has 2 aromatic carbocycles. The lowest BCUT2D eigenvalue weighted by Crippen LogP contribution is -2.36. The Morgan fingerprint density at radius 1 is 1.00 bits per heavy atom. The standard InChI is InChI=1S/C33H46N4OS/c1-9-18-37(19-10-2)29-14-13-25-21-27(12-11-26(25)22-29)31-16-15-28(36(31)8)23-30(24-34)39-35-33(6,7)17-20-38-32(3,4)5/h11-16,21-23,35H,9-10,17-20H2,1-8H3/b30-23+. The molecule has 0 fully saturated rings. The first kappa shape index (κ1) is 30.8. The number of hydrogen-bond acceptors (Lipinski definition) is 5. The van der Waals surface area contributed by atoms with Crippen LogP contribution in [0.3, 0.4) is 0 Å². The summed E-state index contributed by atoms with van der Waals surface area (Å²) in [6.07, 6.45) is 5.09. The number of nitrogens with one attached hydrogen (secondary N) is 1. The third-order valence-corrected chi connectivity index (χ3v) is 7.80. The minimum atomic E-state index is -0.166. The van der Waals surface area contributed by atoms with Crippen LogP contribution in [0.4, 0.5) is 5.69 Å². The summed E-state index contributed by atoms with van der Waals surface area (Å²) in [5.41, 5.74) is 4.27. The summed E-state index contributed by atoms with van der Waals surface area (Å²) < 4.78 is 11.5. The van der Waals surface area contributed by atoms with Gasteiger partial charge in [0.1, 0.15) is 11.0 Å². The van der Waals surface area contributed by atoms with E-state index in [0.29, 0.717) is 11.5 Å². The van der Waals surface area contributed by atoms with E-state index in [1.54, 1.807) is 0 Å². The lowest BCUT2D eigenvalue weighted by molar-refractivity contribution is -0.0101. The lowest BCUT2D eigenvalue weighted by Gasteiger charge is -2.28. The first-order valence-electron chi connectivity index (χ1n) is 14.1. The molecule has 0 amide bonds. The summed E-state index contributed by atoms with van der Waals surface area (Å²) in [7, 11) is 2.06. The maximum atomic E-state index is 9.81. The van der Waals surface area contributed by atoms with Crippen molar-refractivity contribution in [3.8, 4) is 17.3 Å². The van der Waals surface area contributed by atoms with Gasteiger partial charge in [-0.15, -0.1) is 0 Å². The minimum absolute atomic E-state index is 0.149. The zero-order valence-corrected chi connectivity index (χ0v) is 25.9. The first-order chi connectivity index (χ1) is 18.5. The molecule has 39 heavy (non-hydrogen) atoms. The number of hydrogen-bond donors (Lipinski definition) is 1. The van der Waals surface area contributed by atoms with Gasteiger partial charge >= 0.3 is 0 Å². The number of nitrogens with zero attached hydrogens (tertiary/aromatic N) is 3. The van der Waals surface area contributed by atoms with Gasteiger partial charge in [0.15, 0.2) is 0 Å². The van der Waals surface area contributed by atoms with Crippen molar-refractivity contribution in [1.82, 2.24) is 9.29 Å². The molecule has 1 aromatic heterocycles. The van der Waals surface area contributed by atoms with Crippen LogP contribution in [0.25, 0.3) is 28.1 Å². The summed E-state index contributed by atoms with van der Waals surface area (Å²) in [4.78, 5) is 3.10. The number of nitriles is 1. The third kappa shape index (κ3) is 8.89. The highest BCUT2D eigenvalue weighted by molar-refractivity contribution is 8.01. The Hall–Kier alpha value is -2.72. The van der Waals surface area contributed by atoms with Gasteiger partial charge in [0.05, 0.1) is 5.60 Å². The van der Waals surface area contributed by atoms with Crippen molar-refractivity contribution < 1.29 is 4.74 Å². The van der Waals surface area contributed by atoms with Crippen LogP contribution in [-0.4, -0.2) is 35.4 Å². The van der Waals surface area contributed by atoms with Crippen LogP contribution in [0.5, 0.6) is 0 Å². The average Bonchev–Trinajstić information content (AvgIpc) is 3.24. The van der Waals surface area contributed by atoms with Gasteiger partial charge in [-0.05, 0) is 119 Å². The van der Waals surface area contributed by atoms with E-state index in [0.717, 1.165) is 43.7 Å². The monoisotopic (exact) mass is 546 g/mol. The van der Waals surface area contributed by atoms with Crippen molar-refractivity contribution in [3.05, 3.63) is 59.1 Å². The smallest absolute Gasteiger partial charge is 0.108 e. The summed E-state index contributed by atoms with van der Waals surface area (Å²) in [6, 6.07) is 20.0. The van der Waals surface area contributed by atoms with Crippen LogP contribution < -0.4 is 9.62 Å². The molecular formula is C33H46N4OS. The molecule has 1 heterocycles. The van der Waals surface area contributed by atoms with Crippen LogP contribution in [0.2, 0.25) is 0 Å². The number of ether oxygens (including phenoxy) is 1. The number of fused-ring (bicyclic) bond motifs is 1. The van der Waals surface area contributed by atoms with Gasteiger partial charge in [0.2, 0.25) is 0 Å². The Morgan fingerprint density at radius 3 is 2.31 bits per heavy atom. The van der Waals surface area contributed by atoms with Gasteiger partial charge in [-0.2, -0.15) is 5.26 Å². The molecule has 0 spiro atoms. The number of rotatable bonds is 13. The SMILES string of the molecule is CCCN(CCC)c1ccc2cc(-c3ccc(/C=C(\C#N)SNC(C)(C)CCOC(C)(C)C)n3C)ccc2c1. The highest BCUT2D eigenvalue weighted by atomic mass is 32.2. The van der Waals surface area contributed by atoms with Crippen LogP contribution in [0.15, 0.2) is 53.4 Å². The maximum absolute atomic E-state index is 9.81. The summed E-state index contributed by atoms with van der Waals surface area (Å²) in [6.45, 7) is 17.8. The molecule has 0 unspecified atom stereocenters. The van der Waals surface area contributed by atoms with Crippen molar-refractivity contribution in [2.75, 3.05) is 24.6 Å². The Bertz CT molecular complexity index is 1300. The lowest BCUT2D eigenvalue weighted by atomic mass is 10.0. The van der Waals surface area contributed by atoms with Gasteiger partial charge in [-0.3, -0.25) is 4.72 Å². The molecule has 0 saturated carbocycles. The summed E-state index contributed by atoms with van der Waals surface area (Å²) in [5, 5.41) is 12.3. The second kappa shape index (κ2) is 13.6. The maximum Gasteiger partial charge on any atom is 0.108 e. The van der Waals surface area contributed by atoms with Gasteiger partial charge < -0.3 is 14.2 Å². The number of benzene rings is 2. The number of anilines is 1. The van der Waals surface area contributed by atoms with E-state index in [-0.39, 0.29) is 11.1 Å². The van der Waals surface area contributed by atoms with Crippen LogP contribution >= 0.6 is 11.9 Å². The molecule has 0 saturated heterocycles. The van der Waals surface area contributed by atoms with Gasteiger partial charge in [-0.25, -0.2) is 0 Å². The van der Waals surface area contributed by atoms with Crippen molar-refractivity contribution in [3.63, 3.8) is 0 Å². The molecular weight excluding hydrogens is 500 g/mol. The van der Waals surface area contributed by atoms with Gasteiger partial charge in [0, 0.05) is 49.4 Å². The van der Waals surface area contributed by atoms with Crippen LogP contribution in [0, 0.1) is 11.3 Å². The van der Waals surface area contributed by atoms with E-state index in [9.17, 15) is 5.26 Å². The second-order valence-electron chi connectivity index (χ2n) is 11.9. The van der Waals surface area contributed by atoms with E-state index in [1.165, 1.54) is 34.0 Å². The first-order valence-corrected chi connectivity index (χ1v) is 14.9. The van der Waals surface area contributed by atoms with E-state index in [4.69, 9.17) is 4.74 Å². The summed E-state index contributed by atoms with van der Waals surface area (Å²) in [5.74, 6) is 0. The quantitative estimate of drug-likeness (QED) is 0.172. The molecule has 0 aliphatic heterocycles. The highest BCUT2D eigenvalue weighted by Gasteiger charge is 2.20. The van der Waals surface area contributed by atoms with E-state index in [2.05, 4.69) is 124 Å². The van der Waals surface area contributed by atoms with Crippen LogP contribution in [-0.2, 0) is 11.8 Å². The molecule has 6 heteroatoms. The normalized spacial score (nSPS) is 12.6. The average molecular weight is 547 g/mol. The zero-order chi connectivity index (χ0) is 28.6. The van der Waals surface area contributed by atoms with Crippen molar-refractivity contribution in [2.24, 2.45) is 7.05 Å². The molecule has 210 valence electrons. The molecule has 0 aliphatic rings. The van der Waals surface area contributed by atoms with E-state index in [1.807, 2.05) is 6.08 Å². The van der Waals surface area contributed by atoms with Crippen molar-refractivity contribution in [1.29, 1.82) is 5.26 Å². The Balaban J connectivity index is 1.75. The molecule has 5 nitrogen and oxygen atoms in total. The molecule has 0 bridgehead atoms. The zero-order valence-electron chi connectivity index (χ0n) is 25.1. The predicted octanol–water partition coefficient (Wildman–Crippen LogP) is 8.56. The van der Waals surface area contributed by atoms with Crippen LogP contribution in [0.1, 0.15) is 73.4 Å².